The molecular weight excluding hydrogens is 304 g/mol. The number of rotatable bonds is 4. The molecule has 2 heterocycles. The Labute approximate surface area is 143 Å². The molecule has 2 aliphatic rings. The number of hydrogen-bond acceptors (Lipinski definition) is 3. The van der Waals surface area contributed by atoms with E-state index in [4.69, 9.17) is 4.74 Å². The summed E-state index contributed by atoms with van der Waals surface area (Å²) in [6.45, 7) is 4.33. The number of likely N-dealkylation sites (tertiary alicyclic amines) is 2. The molecule has 1 unspecified atom stereocenters. The average molecular weight is 330 g/mol. The first-order valence-corrected chi connectivity index (χ1v) is 8.88. The summed E-state index contributed by atoms with van der Waals surface area (Å²) in [5.41, 5.74) is -0.0378. The lowest BCUT2D eigenvalue weighted by Gasteiger charge is -2.44. The number of carbonyl (C=O) groups is 2. The molecule has 1 atom stereocenters. The second-order valence-electron chi connectivity index (χ2n) is 6.72. The van der Waals surface area contributed by atoms with E-state index in [1.165, 1.54) is 0 Å². The van der Waals surface area contributed by atoms with Gasteiger partial charge in [0.2, 0.25) is 5.91 Å². The monoisotopic (exact) mass is 330 g/mol. The van der Waals surface area contributed by atoms with Crippen molar-refractivity contribution in [1.82, 2.24) is 9.80 Å². The van der Waals surface area contributed by atoms with Crippen LogP contribution in [0.1, 0.15) is 49.4 Å². The molecule has 5 nitrogen and oxygen atoms in total. The standard InChI is InChI=1S/C19H26N2O3/c1-3-11-20-12-5-9-19(18(20)23)10-6-13-21(19)17(22)15-7-4-8-16(14-15)24-2/h4,7-8,14H,3,5-6,9-13H2,1-2H3. The van der Waals surface area contributed by atoms with Crippen molar-refractivity contribution in [2.24, 2.45) is 0 Å². The third kappa shape index (κ3) is 2.76. The summed E-state index contributed by atoms with van der Waals surface area (Å²) in [6, 6.07) is 7.20. The highest BCUT2D eigenvalue weighted by molar-refractivity contribution is 6.00. The van der Waals surface area contributed by atoms with Crippen LogP contribution in [0.2, 0.25) is 0 Å². The van der Waals surface area contributed by atoms with Gasteiger partial charge in [0.15, 0.2) is 0 Å². The Balaban J connectivity index is 1.89. The molecule has 24 heavy (non-hydrogen) atoms. The predicted octanol–water partition coefficient (Wildman–Crippen LogP) is 2.70. The van der Waals surface area contributed by atoms with Crippen LogP contribution in [0.4, 0.5) is 0 Å². The molecule has 2 fully saturated rings. The number of methoxy groups -OCH3 is 1. The van der Waals surface area contributed by atoms with E-state index in [1.54, 1.807) is 19.2 Å². The minimum absolute atomic E-state index is 0.0573. The molecule has 0 radical (unpaired) electrons. The molecule has 5 heteroatoms. The lowest BCUT2D eigenvalue weighted by atomic mass is 9.85. The molecule has 2 aliphatic heterocycles. The van der Waals surface area contributed by atoms with Gasteiger partial charge in [0.25, 0.3) is 5.91 Å². The Morgan fingerprint density at radius 2 is 2.00 bits per heavy atom. The van der Waals surface area contributed by atoms with Crippen LogP contribution in [0.15, 0.2) is 24.3 Å². The van der Waals surface area contributed by atoms with E-state index < -0.39 is 5.54 Å². The van der Waals surface area contributed by atoms with Crippen molar-refractivity contribution in [3.8, 4) is 5.75 Å². The Morgan fingerprint density at radius 3 is 2.71 bits per heavy atom. The number of ether oxygens (including phenoxy) is 1. The summed E-state index contributed by atoms with van der Waals surface area (Å²) in [7, 11) is 1.59. The van der Waals surface area contributed by atoms with Crippen molar-refractivity contribution in [3.63, 3.8) is 0 Å². The molecule has 0 aromatic heterocycles. The highest BCUT2D eigenvalue weighted by Crippen LogP contribution is 2.39. The predicted molar refractivity (Wildman–Crippen MR) is 92.1 cm³/mol. The third-order valence-electron chi connectivity index (χ3n) is 5.25. The van der Waals surface area contributed by atoms with Crippen LogP contribution in [0.3, 0.4) is 0 Å². The van der Waals surface area contributed by atoms with E-state index >= 15 is 0 Å². The van der Waals surface area contributed by atoms with E-state index in [2.05, 4.69) is 6.92 Å². The Morgan fingerprint density at radius 1 is 1.25 bits per heavy atom. The second-order valence-corrected chi connectivity index (χ2v) is 6.72. The SMILES string of the molecule is CCCN1CCCC2(CCCN2C(=O)c2cccc(OC)c2)C1=O. The molecule has 130 valence electrons. The fourth-order valence-corrected chi connectivity index (χ4v) is 4.12. The van der Waals surface area contributed by atoms with Gasteiger partial charge in [0.05, 0.1) is 7.11 Å². The van der Waals surface area contributed by atoms with Gasteiger partial charge < -0.3 is 14.5 Å². The maximum Gasteiger partial charge on any atom is 0.254 e. The van der Waals surface area contributed by atoms with Gasteiger partial charge in [0, 0.05) is 25.2 Å². The second kappa shape index (κ2) is 6.83. The zero-order chi connectivity index (χ0) is 17.2. The molecule has 0 N–H and O–H groups in total. The van der Waals surface area contributed by atoms with E-state index in [0.29, 0.717) is 17.9 Å². The van der Waals surface area contributed by atoms with Crippen LogP contribution >= 0.6 is 0 Å². The first kappa shape index (κ1) is 16.8. The quantitative estimate of drug-likeness (QED) is 0.853. The summed E-state index contributed by atoms with van der Waals surface area (Å²) >= 11 is 0. The number of nitrogens with zero attached hydrogens (tertiary/aromatic N) is 2. The van der Waals surface area contributed by atoms with Crippen LogP contribution < -0.4 is 4.74 Å². The fourth-order valence-electron chi connectivity index (χ4n) is 4.12. The van der Waals surface area contributed by atoms with Gasteiger partial charge in [-0.1, -0.05) is 13.0 Å². The van der Waals surface area contributed by atoms with E-state index in [0.717, 1.165) is 45.2 Å². The van der Waals surface area contributed by atoms with E-state index in [-0.39, 0.29) is 11.8 Å². The lowest BCUT2D eigenvalue weighted by Crippen LogP contribution is -2.61. The molecule has 1 aromatic carbocycles. The maximum absolute atomic E-state index is 13.1. The van der Waals surface area contributed by atoms with Gasteiger partial charge in [-0.2, -0.15) is 0 Å². The molecule has 2 saturated heterocycles. The first-order chi connectivity index (χ1) is 11.6. The third-order valence-corrected chi connectivity index (χ3v) is 5.25. The van der Waals surface area contributed by atoms with Crippen molar-refractivity contribution in [1.29, 1.82) is 0 Å². The van der Waals surface area contributed by atoms with Crippen LogP contribution in [-0.4, -0.2) is 53.9 Å². The summed E-state index contributed by atoms with van der Waals surface area (Å²) in [4.78, 5) is 30.0. The number of benzene rings is 1. The van der Waals surface area contributed by atoms with Gasteiger partial charge in [-0.15, -0.1) is 0 Å². The van der Waals surface area contributed by atoms with Gasteiger partial charge in [0.1, 0.15) is 11.3 Å². The van der Waals surface area contributed by atoms with Crippen molar-refractivity contribution in [2.75, 3.05) is 26.7 Å². The fraction of sp³-hybridized carbons (Fsp3) is 0.579. The summed E-state index contributed by atoms with van der Waals surface area (Å²) in [6.07, 6.45) is 4.37. The number of amides is 2. The normalized spacial score (nSPS) is 23.8. The van der Waals surface area contributed by atoms with Crippen LogP contribution in [0.5, 0.6) is 5.75 Å². The maximum atomic E-state index is 13.1. The minimum Gasteiger partial charge on any atom is -0.497 e. The summed E-state index contributed by atoms with van der Waals surface area (Å²) in [5.74, 6) is 0.749. The van der Waals surface area contributed by atoms with Crippen molar-refractivity contribution < 1.29 is 14.3 Å². The van der Waals surface area contributed by atoms with Crippen LogP contribution in [-0.2, 0) is 4.79 Å². The molecule has 3 rings (SSSR count). The Hall–Kier alpha value is -2.04. The highest BCUT2D eigenvalue weighted by atomic mass is 16.5. The summed E-state index contributed by atoms with van der Waals surface area (Å²) < 4.78 is 5.23. The molecule has 0 aliphatic carbocycles. The zero-order valence-corrected chi connectivity index (χ0v) is 14.6. The first-order valence-electron chi connectivity index (χ1n) is 8.88. The van der Waals surface area contributed by atoms with Gasteiger partial charge in [-0.05, 0) is 50.3 Å². The molecule has 0 saturated carbocycles. The van der Waals surface area contributed by atoms with Gasteiger partial charge in [-0.3, -0.25) is 9.59 Å². The Kier molecular flexibility index (Phi) is 4.78. The molecule has 2 amide bonds. The number of hydrogen-bond donors (Lipinski definition) is 0. The number of carbonyl (C=O) groups excluding carboxylic acids is 2. The van der Waals surface area contributed by atoms with Crippen LogP contribution in [0.25, 0.3) is 0 Å². The van der Waals surface area contributed by atoms with Crippen molar-refractivity contribution in [2.45, 2.75) is 44.6 Å². The molecular formula is C19H26N2O3. The van der Waals surface area contributed by atoms with E-state index in [1.807, 2.05) is 21.9 Å². The highest BCUT2D eigenvalue weighted by Gasteiger charge is 2.52. The van der Waals surface area contributed by atoms with E-state index in [9.17, 15) is 9.59 Å². The summed E-state index contributed by atoms with van der Waals surface area (Å²) in [5, 5.41) is 0. The lowest BCUT2D eigenvalue weighted by molar-refractivity contribution is -0.145. The van der Waals surface area contributed by atoms with Gasteiger partial charge in [-0.25, -0.2) is 0 Å². The molecule has 1 aromatic rings. The largest absolute Gasteiger partial charge is 0.497 e. The average Bonchev–Trinajstić information content (AvgIpc) is 3.03. The molecule has 1 spiro atoms. The topological polar surface area (TPSA) is 49.9 Å². The van der Waals surface area contributed by atoms with Crippen molar-refractivity contribution in [3.05, 3.63) is 29.8 Å². The zero-order valence-electron chi connectivity index (χ0n) is 14.6. The Bertz CT molecular complexity index is 629. The van der Waals surface area contributed by atoms with Crippen LogP contribution in [0, 0.1) is 0 Å². The number of piperidine rings is 1. The van der Waals surface area contributed by atoms with Gasteiger partial charge >= 0.3 is 0 Å². The van der Waals surface area contributed by atoms with Crippen molar-refractivity contribution >= 4 is 11.8 Å². The smallest absolute Gasteiger partial charge is 0.254 e. The molecule has 0 bridgehead atoms. The minimum atomic E-state index is -0.631.